The second-order valence-electron chi connectivity index (χ2n) is 12.5. The molecular weight excluding hydrogens is 582 g/mol. The maximum atomic E-state index is 14.2. The number of anilines is 1. The predicted molar refractivity (Wildman–Crippen MR) is 152 cm³/mol. The van der Waals surface area contributed by atoms with Crippen LogP contribution in [0, 0.1) is 11.7 Å². The average molecular weight is 620 g/mol. The van der Waals surface area contributed by atoms with E-state index in [0.717, 1.165) is 37.1 Å². The Morgan fingerprint density at radius 3 is 2.48 bits per heavy atom. The summed E-state index contributed by atoms with van der Waals surface area (Å²) in [7, 11) is 1.22. The average Bonchev–Trinajstić information content (AvgIpc) is 3.86. The first kappa shape index (κ1) is 30.8. The molecule has 4 aliphatic rings. The number of rotatable bonds is 5. The van der Waals surface area contributed by atoms with Crippen molar-refractivity contribution in [3.63, 3.8) is 0 Å². The fourth-order valence-corrected chi connectivity index (χ4v) is 7.19. The first-order valence-corrected chi connectivity index (χ1v) is 15.1. The van der Waals surface area contributed by atoms with Gasteiger partial charge >= 0.3 is 12.1 Å². The number of hydrogen-bond acceptors (Lipinski definition) is 7. The van der Waals surface area contributed by atoms with E-state index in [0.29, 0.717) is 43.8 Å². The molecule has 8 nitrogen and oxygen atoms in total. The van der Waals surface area contributed by atoms with Gasteiger partial charge in [0.1, 0.15) is 11.4 Å². The molecule has 6 rings (SSSR count). The van der Waals surface area contributed by atoms with E-state index in [1.54, 1.807) is 6.07 Å². The summed E-state index contributed by atoms with van der Waals surface area (Å²) in [6.07, 6.45) is -2.66. The smallest absolute Gasteiger partial charge is 0.416 e. The summed E-state index contributed by atoms with van der Waals surface area (Å²) in [4.78, 5) is 32.0. The number of aliphatic hydroxyl groups excluding tert-OH is 1. The van der Waals surface area contributed by atoms with Crippen LogP contribution in [0.1, 0.15) is 65.8 Å². The van der Waals surface area contributed by atoms with Gasteiger partial charge in [-0.3, -0.25) is 9.69 Å². The highest BCUT2D eigenvalue weighted by Crippen LogP contribution is 2.49. The second kappa shape index (κ2) is 11.6. The summed E-state index contributed by atoms with van der Waals surface area (Å²) in [5.74, 6) is -1.56. The molecule has 0 aromatic heterocycles. The zero-order chi connectivity index (χ0) is 31.4. The first-order chi connectivity index (χ1) is 20.9. The lowest BCUT2D eigenvalue weighted by Crippen LogP contribution is -2.61. The number of halogens is 4. The van der Waals surface area contributed by atoms with E-state index >= 15 is 0 Å². The lowest BCUT2D eigenvalue weighted by Gasteiger charge is -2.49. The molecule has 1 N–H and O–H groups in total. The number of hydrogen-bond donors (Lipinski definition) is 1. The van der Waals surface area contributed by atoms with E-state index in [2.05, 4.69) is 16.7 Å². The van der Waals surface area contributed by atoms with Crippen LogP contribution in [0.25, 0.3) is 0 Å². The minimum absolute atomic E-state index is 0.00302. The normalized spacial score (nSPS) is 28.0. The number of carbonyl (C=O) groups excluding carboxylic acids is 2. The molecule has 12 heteroatoms. The Hall–Kier alpha value is -3.22. The Bertz CT molecular complexity index is 1420. The van der Waals surface area contributed by atoms with Crippen molar-refractivity contribution in [3.8, 4) is 0 Å². The zero-order valence-corrected chi connectivity index (χ0v) is 24.8. The number of methoxy groups -OCH3 is 1. The summed E-state index contributed by atoms with van der Waals surface area (Å²) < 4.78 is 65.5. The summed E-state index contributed by atoms with van der Waals surface area (Å²) in [6.45, 7) is 4.50. The Balaban J connectivity index is 1.11. The van der Waals surface area contributed by atoms with E-state index in [-0.39, 0.29) is 42.6 Å². The lowest BCUT2D eigenvalue weighted by molar-refractivity contribution is -0.178. The molecule has 3 aliphatic heterocycles. The highest BCUT2D eigenvalue weighted by Gasteiger charge is 2.56. The number of nitrogens with zero attached hydrogens (tertiary/aromatic N) is 3. The van der Waals surface area contributed by atoms with Crippen molar-refractivity contribution in [2.45, 2.75) is 69.1 Å². The topological polar surface area (TPSA) is 82.6 Å². The van der Waals surface area contributed by atoms with E-state index in [9.17, 15) is 32.3 Å². The molecular formula is C32H37F4N3O5. The predicted octanol–water partition coefficient (Wildman–Crippen LogP) is 4.55. The molecule has 0 bridgehead atoms. The van der Waals surface area contributed by atoms with Crippen molar-refractivity contribution in [1.82, 2.24) is 9.80 Å². The number of amides is 1. The molecule has 2 aromatic rings. The number of carbonyl (C=O) groups is 2. The number of alkyl halides is 3. The van der Waals surface area contributed by atoms with Crippen LogP contribution in [0.3, 0.4) is 0 Å². The fourth-order valence-electron chi connectivity index (χ4n) is 7.19. The molecule has 3 fully saturated rings. The molecule has 1 aliphatic carbocycles. The third-order valence-corrected chi connectivity index (χ3v) is 9.71. The van der Waals surface area contributed by atoms with Crippen molar-refractivity contribution in [1.29, 1.82) is 0 Å². The second-order valence-corrected chi connectivity index (χ2v) is 12.5. The van der Waals surface area contributed by atoms with Crippen LogP contribution >= 0.6 is 0 Å². The van der Waals surface area contributed by atoms with Gasteiger partial charge in [0.2, 0.25) is 0 Å². The van der Waals surface area contributed by atoms with Gasteiger partial charge in [-0.2, -0.15) is 13.2 Å². The third kappa shape index (κ3) is 5.67. The molecule has 4 atom stereocenters. The van der Waals surface area contributed by atoms with E-state index < -0.39 is 35.2 Å². The van der Waals surface area contributed by atoms with Gasteiger partial charge in [0.05, 0.1) is 37.5 Å². The maximum absolute atomic E-state index is 14.2. The molecule has 2 saturated heterocycles. The Morgan fingerprint density at radius 1 is 1.07 bits per heavy atom. The van der Waals surface area contributed by atoms with Crippen molar-refractivity contribution >= 4 is 17.6 Å². The summed E-state index contributed by atoms with van der Waals surface area (Å²) >= 11 is 0. The van der Waals surface area contributed by atoms with Crippen LogP contribution in [-0.2, 0) is 27.0 Å². The zero-order valence-electron chi connectivity index (χ0n) is 24.8. The number of aliphatic hydroxyl groups is 1. The molecule has 44 heavy (non-hydrogen) atoms. The Kier molecular flexibility index (Phi) is 8.13. The number of benzene rings is 2. The van der Waals surface area contributed by atoms with Crippen molar-refractivity contribution in [2.75, 3.05) is 44.8 Å². The molecule has 1 unspecified atom stereocenters. The molecule has 2 aromatic carbocycles. The molecule has 0 spiro atoms. The van der Waals surface area contributed by atoms with E-state index in [1.807, 2.05) is 0 Å². The minimum atomic E-state index is -4.52. The number of ether oxygens (including phenoxy) is 2. The van der Waals surface area contributed by atoms with Gasteiger partial charge in [0.15, 0.2) is 0 Å². The van der Waals surface area contributed by atoms with Crippen molar-refractivity contribution in [3.05, 3.63) is 64.5 Å². The SMILES string of the molecule is COC(=O)c1cc(N2CCN([C@@H]3CC[C@@](C(=O)N4Cc5cc(C(F)(F)F)ccc5C(O)C4)(C4CC4)OC3)C[C@@H]2C)ccc1F. The molecule has 0 radical (unpaired) electrons. The first-order valence-electron chi connectivity index (χ1n) is 15.1. The molecule has 1 amide bonds. The minimum Gasteiger partial charge on any atom is -0.465 e. The standard InChI is InChI=1S/C32H37F4N3O5/c1-19-15-37(11-12-39(19)23-6-8-27(33)26(14-23)29(41)43-2)24-9-10-31(44-18-24,21-3-4-21)30(42)38-16-20-13-22(32(34,35)36)5-7-25(20)28(40)17-38/h5-8,13-14,19,21,24,28,40H,3-4,9-12,15-18H2,1-2H3/t19-,24+,28?,31-/m0/s1. The number of piperazine rings is 1. The van der Waals surface area contributed by atoms with Crippen LogP contribution in [0.15, 0.2) is 36.4 Å². The third-order valence-electron chi connectivity index (χ3n) is 9.71. The Labute approximate surface area is 253 Å². The highest BCUT2D eigenvalue weighted by molar-refractivity contribution is 5.91. The van der Waals surface area contributed by atoms with Gasteiger partial charge in [0, 0.05) is 44.0 Å². The summed E-state index contributed by atoms with van der Waals surface area (Å²) in [5, 5.41) is 10.8. The van der Waals surface area contributed by atoms with Crippen LogP contribution in [0.2, 0.25) is 0 Å². The van der Waals surface area contributed by atoms with Gasteiger partial charge in [0.25, 0.3) is 5.91 Å². The summed E-state index contributed by atoms with van der Waals surface area (Å²) in [6, 6.07) is 7.91. The molecule has 1 saturated carbocycles. The van der Waals surface area contributed by atoms with Crippen molar-refractivity contribution in [2.24, 2.45) is 5.92 Å². The van der Waals surface area contributed by atoms with Gasteiger partial charge < -0.3 is 24.4 Å². The van der Waals surface area contributed by atoms with Crippen LogP contribution in [0.4, 0.5) is 23.2 Å². The molecule has 238 valence electrons. The van der Waals surface area contributed by atoms with Crippen LogP contribution < -0.4 is 4.90 Å². The highest BCUT2D eigenvalue weighted by atomic mass is 19.4. The van der Waals surface area contributed by atoms with Crippen molar-refractivity contribution < 1.29 is 41.7 Å². The Morgan fingerprint density at radius 2 is 1.84 bits per heavy atom. The fraction of sp³-hybridized carbons (Fsp3) is 0.562. The monoisotopic (exact) mass is 619 g/mol. The molecule has 3 heterocycles. The quantitative estimate of drug-likeness (QED) is 0.389. The maximum Gasteiger partial charge on any atom is 0.416 e. The van der Waals surface area contributed by atoms with Gasteiger partial charge in [-0.25, -0.2) is 9.18 Å². The number of fused-ring (bicyclic) bond motifs is 1. The summed E-state index contributed by atoms with van der Waals surface area (Å²) in [5.41, 5.74) is -0.483. The lowest BCUT2D eigenvalue weighted by atomic mass is 9.84. The van der Waals surface area contributed by atoms with Crippen LogP contribution in [-0.4, -0.2) is 84.4 Å². The van der Waals surface area contributed by atoms with Gasteiger partial charge in [-0.15, -0.1) is 0 Å². The van der Waals surface area contributed by atoms with Gasteiger partial charge in [-0.1, -0.05) is 6.07 Å². The number of esters is 1. The van der Waals surface area contributed by atoms with E-state index in [1.165, 1.54) is 30.2 Å². The largest absolute Gasteiger partial charge is 0.465 e. The van der Waals surface area contributed by atoms with E-state index in [4.69, 9.17) is 9.47 Å². The number of β-amino-alcohol motifs (C(OH)–C–C–N with tert-alkyl or cyclic N) is 1. The van der Waals surface area contributed by atoms with Crippen LogP contribution in [0.5, 0.6) is 0 Å². The van der Waals surface area contributed by atoms with Gasteiger partial charge in [-0.05, 0) is 80.0 Å².